The van der Waals surface area contributed by atoms with Crippen molar-refractivity contribution in [3.8, 4) is 0 Å². The fourth-order valence-electron chi connectivity index (χ4n) is 2.63. The van der Waals surface area contributed by atoms with E-state index in [4.69, 9.17) is 0 Å². The summed E-state index contributed by atoms with van der Waals surface area (Å²) in [5.41, 5.74) is 1.90. The summed E-state index contributed by atoms with van der Waals surface area (Å²) < 4.78 is 1.75. The molecule has 0 aliphatic rings. The van der Waals surface area contributed by atoms with E-state index in [0.29, 0.717) is 5.92 Å². The van der Waals surface area contributed by atoms with Crippen molar-refractivity contribution in [2.45, 2.75) is 32.9 Å². The predicted octanol–water partition coefficient (Wildman–Crippen LogP) is 2.66. The molecular weight excluding hydrogens is 290 g/mol. The standard InChI is InChI=1S/C17H21N5O/c1-12(2)9-15(19-16(23)10-22-8-7-18-11-22)17-20-13-5-3-4-6-14(13)21-17/h3-8,11-12,15H,9-10H2,1-2H3,(H,19,23)(H,20,21)/t15-/m1/s1. The van der Waals surface area contributed by atoms with Crippen molar-refractivity contribution in [2.75, 3.05) is 0 Å². The second kappa shape index (κ2) is 6.64. The van der Waals surface area contributed by atoms with Crippen molar-refractivity contribution in [3.05, 3.63) is 48.8 Å². The van der Waals surface area contributed by atoms with E-state index in [-0.39, 0.29) is 18.5 Å². The number of H-pyrrole nitrogens is 1. The first kappa shape index (κ1) is 15.3. The van der Waals surface area contributed by atoms with Crippen molar-refractivity contribution in [1.29, 1.82) is 0 Å². The molecule has 23 heavy (non-hydrogen) atoms. The second-order valence-corrected chi connectivity index (χ2v) is 6.12. The number of amides is 1. The maximum atomic E-state index is 12.3. The molecular formula is C17H21N5O. The molecule has 6 heteroatoms. The molecule has 120 valence electrons. The summed E-state index contributed by atoms with van der Waals surface area (Å²) in [6, 6.07) is 7.76. The van der Waals surface area contributed by atoms with E-state index in [1.165, 1.54) is 0 Å². The Labute approximate surface area is 135 Å². The molecule has 2 N–H and O–H groups in total. The van der Waals surface area contributed by atoms with Crippen LogP contribution in [0, 0.1) is 5.92 Å². The molecule has 0 saturated heterocycles. The predicted molar refractivity (Wildman–Crippen MR) is 88.7 cm³/mol. The minimum Gasteiger partial charge on any atom is -0.345 e. The van der Waals surface area contributed by atoms with E-state index in [1.807, 2.05) is 24.3 Å². The summed E-state index contributed by atoms with van der Waals surface area (Å²) in [5.74, 6) is 1.20. The van der Waals surface area contributed by atoms with Gasteiger partial charge in [-0.15, -0.1) is 0 Å². The molecule has 0 bridgehead atoms. The molecule has 0 fully saturated rings. The van der Waals surface area contributed by atoms with E-state index >= 15 is 0 Å². The highest BCUT2D eigenvalue weighted by molar-refractivity contribution is 5.77. The summed E-state index contributed by atoms with van der Waals surface area (Å²) >= 11 is 0. The molecule has 1 amide bonds. The van der Waals surface area contributed by atoms with Gasteiger partial charge in [-0.2, -0.15) is 0 Å². The number of hydrogen-bond donors (Lipinski definition) is 2. The molecule has 0 unspecified atom stereocenters. The first-order valence-corrected chi connectivity index (χ1v) is 7.81. The van der Waals surface area contributed by atoms with E-state index < -0.39 is 0 Å². The Morgan fingerprint density at radius 3 is 2.87 bits per heavy atom. The summed E-state index contributed by atoms with van der Waals surface area (Å²) in [6.45, 7) is 4.53. The fourth-order valence-corrected chi connectivity index (χ4v) is 2.63. The number of para-hydroxylation sites is 2. The van der Waals surface area contributed by atoms with Gasteiger partial charge in [-0.3, -0.25) is 4.79 Å². The Bertz CT molecular complexity index is 742. The van der Waals surface area contributed by atoms with Crippen LogP contribution in [0.1, 0.15) is 32.1 Å². The van der Waals surface area contributed by atoms with Crippen molar-refractivity contribution < 1.29 is 4.79 Å². The Kier molecular flexibility index (Phi) is 4.41. The number of nitrogens with one attached hydrogen (secondary N) is 2. The number of hydrogen-bond acceptors (Lipinski definition) is 3. The lowest BCUT2D eigenvalue weighted by Crippen LogP contribution is -2.32. The zero-order valence-corrected chi connectivity index (χ0v) is 13.4. The first-order chi connectivity index (χ1) is 11.1. The van der Waals surface area contributed by atoms with Crippen LogP contribution < -0.4 is 5.32 Å². The second-order valence-electron chi connectivity index (χ2n) is 6.12. The number of nitrogens with zero attached hydrogens (tertiary/aromatic N) is 3. The minimum absolute atomic E-state index is 0.0471. The first-order valence-electron chi connectivity index (χ1n) is 7.81. The molecule has 2 heterocycles. The molecule has 0 aliphatic carbocycles. The molecule has 1 atom stereocenters. The molecule has 0 spiro atoms. The van der Waals surface area contributed by atoms with E-state index in [1.54, 1.807) is 23.3 Å². The van der Waals surface area contributed by atoms with Gasteiger partial charge in [0.2, 0.25) is 5.91 Å². The van der Waals surface area contributed by atoms with Crippen molar-refractivity contribution in [1.82, 2.24) is 24.8 Å². The lowest BCUT2D eigenvalue weighted by atomic mass is 10.0. The highest BCUT2D eigenvalue weighted by Crippen LogP contribution is 2.21. The van der Waals surface area contributed by atoms with Gasteiger partial charge in [0.15, 0.2) is 0 Å². The number of carbonyl (C=O) groups is 1. The fraction of sp³-hybridized carbons (Fsp3) is 0.353. The number of carbonyl (C=O) groups excluding carboxylic acids is 1. The normalized spacial score (nSPS) is 12.7. The SMILES string of the molecule is CC(C)C[C@@H](NC(=O)Cn1ccnc1)c1nc2ccccc2[nH]1. The average molecular weight is 311 g/mol. The smallest absolute Gasteiger partial charge is 0.240 e. The maximum absolute atomic E-state index is 12.3. The van der Waals surface area contributed by atoms with Gasteiger partial charge in [0.1, 0.15) is 12.4 Å². The Balaban J connectivity index is 1.78. The van der Waals surface area contributed by atoms with E-state index in [9.17, 15) is 4.79 Å². The zero-order valence-electron chi connectivity index (χ0n) is 13.4. The van der Waals surface area contributed by atoms with Gasteiger partial charge in [0, 0.05) is 12.4 Å². The van der Waals surface area contributed by atoms with Crippen LogP contribution in [0.15, 0.2) is 43.0 Å². The number of fused-ring (bicyclic) bond motifs is 1. The lowest BCUT2D eigenvalue weighted by Gasteiger charge is -2.18. The minimum atomic E-state index is -0.126. The largest absolute Gasteiger partial charge is 0.345 e. The molecule has 1 aromatic carbocycles. The number of benzene rings is 1. The summed E-state index contributed by atoms with van der Waals surface area (Å²) in [5, 5.41) is 3.08. The number of aromatic nitrogens is 4. The van der Waals surface area contributed by atoms with E-state index in [2.05, 4.69) is 34.1 Å². The molecule has 6 nitrogen and oxygen atoms in total. The van der Waals surface area contributed by atoms with Crippen molar-refractivity contribution in [3.63, 3.8) is 0 Å². The van der Waals surface area contributed by atoms with Gasteiger partial charge < -0.3 is 14.9 Å². The summed E-state index contributed by atoms with van der Waals surface area (Å²) in [4.78, 5) is 24.2. The molecule has 2 aromatic heterocycles. The molecule has 0 radical (unpaired) electrons. The van der Waals surface area contributed by atoms with E-state index in [0.717, 1.165) is 23.3 Å². The number of imidazole rings is 2. The number of rotatable bonds is 6. The quantitative estimate of drug-likeness (QED) is 0.735. The highest BCUT2D eigenvalue weighted by atomic mass is 16.2. The van der Waals surface area contributed by atoms with Crippen LogP contribution in [0.25, 0.3) is 11.0 Å². The topological polar surface area (TPSA) is 75.6 Å². The van der Waals surface area contributed by atoms with Crippen LogP contribution in [0.5, 0.6) is 0 Å². The summed E-state index contributed by atoms with van der Waals surface area (Å²) in [6.07, 6.45) is 5.91. The van der Waals surface area contributed by atoms with Crippen molar-refractivity contribution >= 4 is 16.9 Å². The van der Waals surface area contributed by atoms with Crippen molar-refractivity contribution in [2.24, 2.45) is 5.92 Å². The third kappa shape index (κ3) is 3.77. The third-order valence-electron chi connectivity index (χ3n) is 3.67. The monoisotopic (exact) mass is 311 g/mol. The Morgan fingerprint density at radius 2 is 2.17 bits per heavy atom. The van der Waals surface area contributed by atoms with Crippen LogP contribution >= 0.6 is 0 Å². The summed E-state index contributed by atoms with van der Waals surface area (Å²) in [7, 11) is 0. The van der Waals surface area contributed by atoms with Gasteiger partial charge in [0.25, 0.3) is 0 Å². The van der Waals surface area contributed by atoms with Gasteiger partial charge >= 0.3 is 0 Å². The molecule has 0 saturated carbocycles. The van der Waals surface area contributed by atoms with Crippen LogP contribution in [-0.2, 0) is 11.3 Å². The zero-order chi connectivity index (χ0) is 16.2. The van der Waals surface area contributed by atoms with Gasteiger partial charge in [-0.1, -0.05) is 26.0 Å². The van der Waals surface area contributed by atoms with Gasteiger partial charge in [0.05, 0.1) is 23.4 Å². The average Bonchev–Trinajstić information content (AvgIpc) is 3.14. The molecule has 0 aliphatic heterocycles. The Morgan fingerprint density at radius 1 is 1.35 bits per heavy atom. The van der Waals surface area contributed by atoms with Gasteiger partial charge in [-0.05, 0) is 24.5 Å². The van der Waals surface area contributed by atoms with Crippen LogP contribution in [0.2, 0.25) is 0 Å². The maximum Gasteiger partial charge on any atom is 0.240 e. The third-order valence-corrected chi connectivity index (χ3v) is 3.67. The highest BCUT2D eigenvalue weighted by Gasteiger charge is 2.19. The molecule has 3 aromatic rings. The number of aromatic amines is 1. The van der Waals surface area contributed by atoms with Crippen LogP contribution in [0.3, 0.4) is 0 Å². The van der Waals surface area contributed by atoms with Crippen LogP contribution in [-0.4, -0.2) is 25.4 Å². The molecule has 3 rings (SSSR count). The van der Waals surface area contributed by atoms with Gasteiger partial charge in [-0.25, -0.2) is 9.97 Å². The van der Waals surface area contributed by atoms with Crippen LogP contribution in [0.4, 0.5) is 0 Å². The lowest BCUT2D eigenvalue weighted by molar-refractivity contribution is -0.122. The Hall–Kier alpha value is -2.63.